The molecule has 2 rings (SSSR count). The van der Waals surface area contributed by atoms with Crippen LogP contribution in [0.25, 0.3) is 0 Å². The van der Waals surface area contributed by atoms with E-state index in [2.05, 4.69) is 24.1 Å². The highest BCUT2D eigenvalue weighted by Gasteiger charge is 2.22. The van der Waals surface area contributed by atoms with Crippen LogP contribution in [0.3, 0.4) is 0 Å². The molecule has 1 N–H and O–H groups in total. The summed E-state index contributed by atoms with van der Waals surface area (Å²) in [5.41, 5.74) is 1.63. The largest absolute Gasteiger partial charge is 0.370 e. The molecule has 0 spiro atoms. The second-order valence-electron chi connectivity index (χ2n) is 5.24. The van der Waals surface area contributed by atoms with Crippen molar-refractivity contribution in [3.8, 4) is 0 Å². The number of rotatable bonds is 4. The van der Waals surface area contributed by atoms with Crippen LogP contribution in [0.15, 0.2) is 12.1 Å². The van der Waals surface area contributed by atoms with Crippen LogP contribution in [0.2, 0.25) is 0 Å². The van der Waals surface area contributed by atoms with Crippen LogP contribution in [-0.4, -0.2) is 46.4 Å². The standard InChI is InChI=1S/C15H23N3OS/c1-4-5-16-14-9-13(8-11(2)17-14)15(19)18-6-7-20-12(3)10-18/h8-9,12H,4-7,10H2,1-3H3,(H,16,17). The third-order valence-corrected chi connectivity index (χ3v) is 4.42. The molecule has 1 unspecified atom stereocenters. The Balaban J connectivity index is 2.14. The molecule has 1 aliphatic rings. The summed E-state index contributed by atoms with van der Waals surface area (Å²) < 4.78 is 0. The summed E-state index contributed by atoms with van der Waals surface area (Å²) in [4.78, 5) is 19.0. The van der Waals surface area contributed by atoms with Crippen molar-refractivity contribution in [3.05, 3.63) is 23.4 Å². The maximum atomic E-state index is 12.6. The van der Waals surface area contributed by atoms with Crippen molar-refractivity contribution in [2.45, 2.75) is 32.4 Å². The molecule has 1 saturated heterocycles. The lowest BCUT2D eigenvalue weighted by Crippen LogP contribution is -2.41. The van der Waals surface area contributed by atoms with Gasteiger partial charge in [0, 0.05) is 41.9 Å². The van der Waals surface area contributed by atoms with Crippen LogP contribution >= 0.6 is 11.8 Å². The van der Waals surface area contributed by atoms with Gasteiger partial charge in [-0.2, -0.15) is 11.8 Å². The number of carbonyl (C=O) groups is 1. The lowest BCUT2D eigenvalue weighted by molar-refractivity contribution is 0.0763. The highest BCUT2D eigenvalue weighted by atomic mass is 32.2. The van der Waals surface area contributed by atoms with Crippen LogP contribution in [0.1, 0.15) is 36.3 Å². The molecule has 0 aromatic carbocycles. The van der Waals surface area contributed by atoms with Crippen molar-refractivity contribution in [1.82, 2.24) is 9.88 Å². The molecular formula is C15H23N3OS. The number of amides is 1. The first kappa shape index (κ1) is 15.2. The number of nitrogens with zero attached hydrogens (tertiary/aromatic N) is 2. The van der Waals surface area contributed by atoms with Gasteiger partial charge in [-0.1, -0.05) is 13.8 Å². The Morgan fingerprint density at radius 2 is 2.35 bits per heavy atom. The molecule has 1 aromatic heterocycles. The van der Waals surface area contributed by atoms with Gasteiger partial charge in [-0.25, -0.2) is 4.98 Å². The van der Waals surface area contributed by atoms with Crippen LogP contribution in [0.4, 0.5) is 5.82 Å². The molecule has 1 aromatic rings. The van der Waals surface area contributed by atoms with Gasteiger partial charge in [-0.05, 0) is 25.5 Å². The van der Waals surface area contributed by atoms with Crippen molar-refractivity contribution in [2.24, 2.45) is 0 Å². The summed E-state index contributed by atoms with van der Waals surface area (Å²) in [6.07, 6.45) is 1.04. The average Bonchev–Trinajstić information content (AvgIpc) is 2.43. The highest BCUT2D eigenvalue weighted by Crippen LogP contribution is 2.20. The number of carbonyl (C=O) groups excluding carboxylic acids is 1. The molecule has 0 saturated carbocycles. The molecule has 20 heavy (non-hydrogen) atoms. The van der Waals surface area contributed by atoms with E-state index < -0.39 is 0 Å². The Labute approximate surface area is 125 Å². The van der Waals surface area contributed by atoms with Gasteiger partial charge >= 0.3 is 0 Å². The van der Waals surface area contributed by atoms with Gasteiger partial charge in [0.1, 0.15) is 5.82 Å². The molecule has 0 radical (unpaired) electrons. The third-order valence-electron chi connectivity index (χ3n) is 3.28. The van der Waals surface area contributed by atoms with E-state index in [4.69, 9.17) is 0 Å². The fourth-order valence-corrected chi connectivity index (χ4v) is 3.33. The van der Waals surface area contributed by atoms with Crippen LogP contribution in [-0.2, 0) is 0 Å². The lowest BCUT2D eigenvalue weighted by atomic mass is 10.2. The number of thioether (sulfide) groups is 1. The second kappa shape index (κ2) is 6.97. The van der Waals surface area contributed by atoms with Crippen molar-refractivity contribution in [3.63, 3.8) is 0 Å². The normalized spacial score (nSPS) is 18.9. The zero-order valence-corrected chi connectivity index (χ0v) is 13.3. The molecule has 0 bridgehead atoms. The minimum atomic E-state index is 0.127. The van der Waals surface area contributed by atoms with Gasteiger partial charge in [-0.3, -0.25) is 4.79 Å². The average molecular weight is 293 g/mol. The van der Waals surface area contributed by atoms with E-state index in [1.54, 1.807) is 0 Å². The van der Waals surface area contributed by atoms with E-state index in [0.29, 0.717) is 5.25 Å². The molecule has 5 heteroatoms. The molecule has 0 aliphatic carbocycles. The summed E-state index contributed by atoms with van der Waals surface area (Å²) in [6.45, 7) is 8.78. The van der Waals surface area contributed by atoms with E-state index >= 15 is 0 Å². The van der Waals surface area contributed by atoms with E-state index in [0.717, 1.165) is 48.9 Å². The van der Waals surface area contributed by atoms with Gasteiger partial charge in [0.15, 0.2) is 0 Å². The third kappa shape index (κ3) is 3.88. The van der Waals surface area contributed by atoms with Crippen LogP contribution in [0, 0.1) is 6.92 Å². The number of hydrogen-bond donors (Lipinski definition) is 1. The van der Waals surface area contributed by atoms with Crippen molar-refractivity contribution < 1.29 is 4.79 Å². The summed E-state index contributed by atoms with van der Waals surface area (Å²) in [6, 6.07) is 3.75. The predicted molar refractivity (Wildman–Crippen MR) is 85.6 cm³/mol. The van der Waals surface area contributed by atoms with Crippen molar-refractivity contribution >= 4 is 23.5 Å². The van der Waals surface area contributed by atoms with Crippen LogP contribution in [0.5, 0.6) is 0 Å². The lowest BCUT2D eigenvalue weighted by Gasteiger charge is -2.30. The number of nitrogens with one attached hydrogen (secondary N) is 1. The minimum Gasteiger partial charge on any atom is -0.370 e. The Hall–Kier alpha value is -1.23. The maximum absolute atomic E-state index is 12.6. The SMILES string of the molecule is CCCNc1cc(C(=O)N2CCSC(C)C2)cc(C)n1. The number of hydrogen-bond acceptors (Lipinski definition) is 4. The summed E-state index contributed by atoms with van der Waals surface area (Å²) >= 11 is 1.93. The van der Waals surface area contributed by atoms with Gasteiger partial charge < -0.3 is 10.2 Å². The van der Waals surface area contributed by atoms with E-state index in [1.807, 2.05) is 35.7 Å². The Bertz CT molecular complexity index is 478. The first-order valence-corrected chi connectivity index (χ1v) is 8.28. The number of aromatic nitrogens is 1. The number of pyridine rings is 1. The van der Waals surface area contributed by atoms with Gasteiger partial charge in [0.05, 0.1) is 0 Å². The molecule has 1 aliphatic heterocycles. The molecule has 110 valence electrons. The molecular weight excluding hydrogens is 270 g/mol. The summed E-state index contributed by atoms with van der Waals surface area (Å²) in [7, 11) is 0. The van der Waals surface area contributed by atoms with E-state index in [-0.39, 0.29) is 5.91 Å². The van der Waals surface area contributed by atoms with Gasteiger partial charge in [0.2, 0.25) is 0 Å². The summed E-state index contributed by atoms with van der Waals surface area (Å²) in [5.74, 6) is 1.95. The van der Waals surface area contributed by atoms with E-state index in [9.17, 15) is 4.79 Å². The molecule has 1 amide bonds. The molecule has 2 heterocycles. The smallest absolute Gasteiger partial charge is 0.254 e. The number of anilines is 1. The predicted octanol–water partition coefficient (Wildman–Crippen LogP) is 2.79. The highest BCUT2D eigenvalue weighted by molar-refractivity contribution is 7.99. The summed E-state index contributed by atoms with van der Waals surface area (Å²) in [5, 5.41) is 3.78. The zero-order chi connectivity index (χ0) is 14.5. The topological polar surface area (TPSA) is 45.2 Å². The molecule has 1 atom stereocenters. The van der Waals surface area contributed by atoms with Crippen LogP contribution < -0.4 is 5.32 Å². The maximum Gasteiger partial charge on any atom is 0.254 e. The first-order valence-electron chi connectivity index (χ1n) is 7.23. The monoisotopic (exact) mass is 293 g/mol. The Morgan fingerprint density at radius 1 is 1.55 bits per heavy atom. The van der Waals surface area contributed by atoms with Crippen molar-refractivity contribution in [2.75, 3.05) is 30.7 Å². The quantitative estimate of drug-likeness (QED) is 0.927. The van der Waals surface area contributed by atoms with Gasteiger partial charge in [-0.15, -0.1) is 0 Å². The fraction of sp³-hybridized carbons (Fsp3) is 0.600. The van der Waals surface area contributed by atoms with Crippen molar-refractivity contribution in [1.29, 1.82) is 0 Å². The minimum absolute atomic E-state index is 0.127. The van der Waals surface area contributed by atoms with Gasteiger partial charge in [0.25, 0.3) is 5.91 Å². The zero-order valence-electron chi connectivity index (χ0n) is 12.5. The Morgan fingerprint density at radius 3 is 3.05 bits per heavy atom. The fourth-order valence-electron chi connectivity index (χ4n) is 2.32. The molecule has 1 fully saturated rings. The second-order valence-corrected chi connectivity index (χ2v) is 6.79. The Kier molecular flexibility index (Phi) is 5.29. The van der Waals surface area contributed by atoms with E-state index in [1.165, 1.54) is 0 Å². The number of aryl methyl sites for hydroxylation is 1. The molecule has 4 nitrogen and oxygen atoms in total. The first-order chi connectivity index (χ1) is 9.60.